The van der Waals surface area contributed by atoms with Crippen molar-refractivity contribution in [3.05, 3.63) is 28.8 Å². The van der Waals surface area contributed by atoms with Crippen LogP contribution in [0, 0.1) is 12.8 Å². The Labute approximate surface area is 112 Å². The molecule has 1 heterocycles. The standard InChI is InChI=1S/C14H18ClNO2/c1-10-7-12(15)4-5-13(10)16-14(17)8-11-3-2-6-18-9-11/h4-5,7,11H,2-3,6,8-9H2,1H3,(H,16,17). The molecule has 0 aromatic heterocycles. The summed E-state index contributed by atoms with van der Waals surface area (Å²) >= 11 is 5.88. The van der Waals surface area contributed by atoms with Crippen molar-refractivity contribution >= 4 is 23.2 Å². The summed E-state index contributed by atoms with van der Waals surface area (Å²) in [5, 5.41) is 3.62. The van der Waals surface area contributed by atoms with E-state index >= 15 is 0 Å². The summed E-state index contributed by atoms with van der Waals surface area (Å²) in [6.07, 6.45) is 2.66. The molecule has 0 spiro atoms. The normalized spacial score (nSPS) is 19.6. The number of benzene rings is 1. The number of carbonyl (C=O) groups is 1. The molecule has 1 aromatic rings. The van der Waals surface area contributed by atoms with Gasteiger partial charge >= 0.3 is 0 Å². The van der Waals surface area contributed by atoms with Gasteiger partial charge in [-0.2, -0.15) is 0 Å². The number of nitrogens with one attached hydrogen (secondary N) is 1. The first-order chi connectivity index (χ1) is 8.65. The lowest BCUT2D eigenvalue weighted by Gasteiger charge is -2.21. The van der Waals surface area contributed by atoms with Gasteiger partial charge in [-0.3, -0.25) is 4.79 Å². The summed E-state index contributed by atoms with van der Waals surface area (Å²) in [7, 11) is 0. The van der Waals surface area contributed by atoms with Crippen LogP contribution in [0.5, 0.6) is 0 Å². The summed E-state index contributed by atoms with van der Waals surface area (Å²) in [5.74, 6) is 0.405. The molecule has 1 fully saturated rings. The summed E-state index contributed by atoms with van der Waals surface area (Å²) < 4.78 is 5.38. The number of amides is 1. The van der Waals surface area contributed by atoms with Crippen LogP contribution in [0.4, 0.5) is 5.69 Å². The Morgan fingerprint density at radius 3 is 3.06 bits per heavy atom. The molecule has 1 amide bonds. The van der Waals surface area contributed by atoms with Crippen molar-refractivity contribution in [2.45, 2.75) is 26.2 Å². The molecule has 3 nitrogen and oxygen atoms in total. The first-order valence-corrected chi connectivity index (χ1v) is 6.66. The number of rotatable bonds is 3. The van der Waals surface area contributed by atoms with Gasteiger partial charge in [-0.05, 0) is 49.4 Å². The minimum absolute atomic E-state index is 0.0518. The Hall–Kier alpha value is -1.06. The number of hydrogen-bond donors (Lipinski definition) is 1. The van der Waals surface area contributed by atoms with Gasteiger partial charge in [-0.1, -0.05) is 11.6 Å². The van der Waals surface area contributed by atoms with Crippen LogP contribution < -0.4 is 5.32 Å². The minimum atomic E-state index is 0.0518. The molecule has 0 saturated carbocycles. The van der Waals surface area contributed by atoms with Crippen LogP contribution in [0.2, 0.25) is 5.02 Å². The summed E-state index contributed by atoms with van der Waals surface area (Å²) in [6.45, 7) is 3.46. The SMILES string of the molecule is Cc1cc(Cl)ccc1NC(=O)CC1CCCOC1. The van der Waals surface area contributed by atoms with Crippen molar-refractivity contribution < 1.29 is 9.53 Å². The van der Waals surface area contributed by atoms with Crippen LogP contribution in [0.3, 0.4) is 0 Å². The van der Waals surface area contributed by atoms with Crippen LogP contribution in [0.25, 0.3) is 0 Å². The molecule has 98 valence electrons. The minimum Gasteiger partial charge on any atom is -0.381 e. The summed E-state index contributed by atoms with van der Waals surface area (Å²) in [6, 6.07) is 5.47. The fourth-order valence-corrected chi connectivity index (χ4v) is 2.43. The Bertz CT molecular complexity index is 428. The highest BCUT2D eigenvalue weighted by Crippen LogP contribution is 2.21. The molecule has 1 saturated heterocycles. The van der Waals surface area contributed by atoms with Crippen LogP contribution in [0.15, 0.2) is 18.2 Å². The summed E-state index contributed by atoms with van der Waals surface area (Å²) in [4.78, 5) is 11.9. The topological polar surface area (TPSA) is 38.3 Å². The van der Waals surface area contributed by atoms with Gasteiger partial charge in [0.25, 0.3) is 0 Å². The van der Waals surface area contributed by atoms with E-state index in [4.69, 9.17) is 16.3 Å². The molecule has 1 unspecified atom stereocenters. The van der Waals surface area contributed by atoms with Gasteiger partial charge in [0.2, 0.25) is 5.91 Å². The van der Waals surface area contributed by atoms with Gasteiger partial charge in [0.05, 0.1) is 0 Å². The van der Waals surface area contributed by atoms with Crippen LogP contribution in [0.1, 0.15) is 24.8 Å². The Morgan fingerprint density at radius 2 is 2.39 bits per heavy atom. The molecule has 1 aliphatic heterocycles. The van der Waals surface area contributed by atoms with Crippen molar-refractivity contribution in [1.82, 2.24) is 0 Å². The molecule has 0 bridgehead atoms. The van der Waals surface area contributed by atoms with Crippen molar-refractivity contribution in [3.8, 4) is 0 Å². The molecule has 1 aromatic carbocycles. The molecule has 1 atom stereocenters. The highest BCUT2D eigenvalue weighted by molar-refractivity contribution is 6.30. The zero-order chi connectivity index (χ0) is 13.0. The molecule has 0 aliphatic carbocycles. The van der Waals surface area contributed by atoms with Gasteiger partial charge in [-0.25, -0.2) is 0 Å². The van der Waals surface area contributed by atoms with Crippen molar-refractivity contribution in [3.63, 3.8) is 0 Å². The zero-order valence-corrected chi connectivity index (χ0v) is 11.3. The van der Waals surface area contributed by atoms with E-state index in [-0.39, 0.29) is 5.91 Å². The number of hydrogen-bond acceptors (Lipinski definition) is 2. The fourth-order valence-electron chi connectivity index (χ4n) is 2.20. The molecule has 0 radical (unpaired) electrons. The smallest absolute Gasteiger partial charge is 0.224 e. The van der Waals surface area contributed by atoms with Gasteiger partial charge in [-0.15, -0.1) is 0 Å². The van der Waals surface area contributed by atoms with E-state index in [2.05, 4.69) is 5.32 Å². The second-order valence-corrected chi connectivity index (χ2v) is 5.23. The monoisotopic (exact) mass is 267 g/mol. The van der Waals surface area contributed by atoms with Gasteiger partial charge in [0, 0.05) is 30.3 Å². The van der Waals surface area contributed by atoms with Crippen LogP contribution >= 0.6 is 11.6 Å². The van der Waals surface area contributed by atoms with Crippen molar-refractivity contribution in [2.75, 3.05) is 18.5 Å². The number of halogens is 1. The number of ether oxygens (including phenoxy) is 1. The number of carbonyl (C=O) groups excluding carboxylic acids is 1. The quantitative estimate of drug-likeness (QED) is 0.911. The van der Waals surface area contributed by atoms with Crippen LogP contribution in [-0.4, -0.2) is 19.1 Å². The third kappa shape index (κ3) is 3.72. The van der Waals surface area contributed by atoms with Gasteiger partial charge in [0.15, 0.2) is 0 Å². The van der Waals surface area contributed by atoms with Crippen molar-refractivity contribution in [1.29, 1.82) is 0 Å². The van der Waals surface area contributed by atoms with E-state index in [1.54, 1.807) is 6.07 Å². The Balaban J connectivity index is 1.90. The molecular weight excluding hydrogens is 250 g/mol. The third-order valence-electron chi connectivity index (χ3n) is 3.19. The van der Waals surface area contributed by atoms with E-state index in [1.165, 1.54) is 0 Å². The lowest BCUT2D eigenvalue weighted by atomic mass is 9.98. The largest absolute Gasteiger partial charge is 0.381 e. The Morgan fingerprint density at radius 1 is 1.56 bits per heavy atom. The first kappa shape index (κ1) is 13.4. The fraction of sp³-hybridized carbons (Fsp3) is 0.500. The number of aryl methyl sites for hydroxylation is 1. The molecule has 1 N–H and O–H groups in total. The van der Waals surface area contributed by atoms with E-state index in [9.17, 15) is 4.79 Å². The van der Waals surface area contributed by atoms with Crippen molar-refractivity contribution in [2.24, 2.45) is 5.92 Å². The van der Waals surface area contributed by atoms with E-state index < -0.39 is 0 Å². The maximum Gasteiger partial charge on any atom is 0.224 e. The molecule has 18 heavy (non-hydrogen) atoms. The molecule has 4 heteroatoms. The predicted octanol–water partition coefficient (Wildman–Crippen LogP) is 3.40. The van der Waals surface area contributed by atoms with E-state index in [1.807, 2.05) is 19.1 Å². The van der Waals surface area contributed by atoms with Gasteiger partial charge < -0.3 is 10.1 Å². The Kier molecular flexibility index (Phi) is 4.61. The highest BCUT2D eigenvalue weighted by atomic mass is 35.5. The first-order valence-electron chi connectivity index (χ1n) is 6.29. The van der Waals surface area contributed by atoms with E-state index in [0.29, 0.717) is 24.0 Å². The number of anilines is 1. The van der Waals surface area contributed by atoms with Gasteiger partial charge in [0.1, 0.15) is 0 Å². The maximum absolute atomic E-state index is 11.9. The predicted molar refractivity (Wildman–Crippen MR) is 73.0 cm³/mol. The molecule has 1 aliphatic rings. The molecular formula is C14H18ClNO2. The second kappa shape index (κ2) is 6.21. The highest BCUT2D eigenvalue weighted by Gasteiger charge is 2.17. The van der Waals surface area contributed by atoms with E-state index in [0.717, 1.165) is 30.7 Å². The average molecular weight is 268 g/mol. The lowest BCUT2D eigenvalue weighted by Crippen LogP contribution is -2.23. The molecule has 2 rings (SSSR count). The second-order valence-electron chi connectivity index (χ2n) is 4.79. The summed E-state index contributed by atoms with van der Waals surface area (Å²) in [5.41, 5.74) is 1.82. The lowest BCUT2D eigenvalue weighted by molar-refractivity contribution is -0.118. The average Bonchev–Trinajstić information content (AvgIpc) is 2.34. The zero-order valence-electron chi connectivity index (χ0n) is 10.5. The third-order valence-corrected chi connectivity index (χ3v) is 3.43. The van der Waals surface area contributed by atoms with Crippen LogP contribution in [-0.2, 0) is 9.53 Å². The maximum atomic E-state index is 11.9.